The number of hydrogen-bond donors (Lipinski definition) is 4. The number of halogens is 1. The molecule has 1 aliphatic rings. The van der Waals surface area contributed by atoms with Gasteiger partial charge in [0.15, 0.2) is 0 Å². The topological polar surface area (TPSA) is 109 Å². The average Bonchev–Trinajstić information content (AvgIpc) is 2.85. The van der Waals surface area contributed by atoms with Crippen LogP contribution in [0.25, 0.3) is 10.9 Å². The van der Waals surface area contributed by atoms with Crippen LogP contribution in [-0.2, 0) is 19.4 Å². The van der Waals surface area contributed by atoms with Gasteiger partial charge >= 0.3 is 0 Å². The summed E-state index contributed by atoms with van der Waals surface area (Å²) >= 11 is 0. The molecule has 0 saturated heterocycles. The van der Waals surface area contributed by atoms with E-state index in [0.717, 1.165) is 42.6 Å². The number of rotatable bonds is 3. The fraction of sp³-hybridized carbons (Fsp3) is 0.278. The standard InChI is InChI=1S/C18H19FN6O/c19-12-2-1-10-7-11(17(26)23-15(10)8-12)9-22-16-13-3-5-21-6-4-14(13)24-18(20)25-16/h1-2,7-8,21H,3-6,9H2,(H,23,26)(H3,20,22,24,25). The van der Waals surface area contributed by atoms with E-state index in [9.17, 15) is 9.18 Å². The zero-order valence-corrected chi connectivity index (χ0v) is 14.1. The van der Waals surface area contributed by atoms with Crippen molar-refractivity contribution in [3.8, 4) is 0 Å². The smallest absolute Gasteiger partial charge is 0.253 e. The molecule has 0 atom stereocenters. The number of nitrogens with one attached hydrogen (secondary N) is 3. The Labute approximate surface area is 148 Å². The molecule has 0 saturated carbocycles. The first kappa shape index (κ1) is 16.5. The lowest BCUT2D eigenvalue weighted by molar-refractivity contribution is 0.629. The van der Waals surface area contributed by atoms with E-state index in [0.29, 0.717) is 23.4 Å². The van der Waals surface area contributed by atoms with Crippen LogP contribution in [-0.4, -0.2) is 28.0 Å². The maximum Gasteiger partial charge on any atom is 0.253 e. The van der Waals surface area contributed by atoms with Crippen LogP contribution in [0, 0.1) is 5.82 Å². The van der Waals surface area contributed by atoms with Crippen molar-refractivity contribution in [1.82, 2.24) is 20.3 Å². The molecule has 134 valence electrons. The van der Waals surface area contributed by atoms with Crippen molar-refractivity contribution in [1.29, 1.82) is 0 Å². The highest BCUT2D eigenvalue weighted by Gasteiger charge is 2.16. The van der Waals surface area contributed by atoms with Crippen molar-refractivity contribution in [2.24, 2.45) is 0 Å². The van der Waals surface area contributed by atoms with Crippen molar-refractivity contribution in [3.05, 3.63) is 57.3 Å². The number of nitrogen functional groups attached to an aromatic ring is 1. The third-order valence-electron chi connectivity index (χ3n) is 4.53. The Morgan fingerprint density at radius 1 is 1.19 bits per heavy atom. The number of H-pyrrole nitrogens is 1. The van der Waals surface area contributed by atoms with Crippen molar-refractivity contribution in [2.75, 3.05) is 24.1 Å². The van der Waals surface area contributed by atoms with Gasteiger partial charge < -0.3 is 21.4 Å². The summed E-state index contributed by atoms with van der Waals surface area (Å²) in [6.07, 6.45) is 1.59. The minimum absolute atomic E-state index is 0.219. The Morgan fingerprint density at radius 3 is 2.92 bits per heavy atom. The first-order valence-corrected chi connectivity index (χ1v) is 8.51. The SMILES string of the molecule is Nc1nc2c(c(NCc3cc4ccc(F)cc4[nH]c3=O)n1)CCNCC2. The van der Waals surface area contributed by atoms with E-state index in [4.69, 9.17) is 5.73 Å². The second-order valence-corrected chi connectivity index (χ2v) is 6.31. The van der Waals surface area contributed by atoms with Gasteiger partial charge in [0, 0.05) is 30.6 Å². The number of fused-ring (bicyclic) bond motifs is 2. The first-order chi connectivity index (χ1) is 12.6. The predicted octanol–water partition coefficient (Wildman–Crippen LogP) is 1.34. The van der Waals surface area contributed by atoms with Crippen molar-refractivity contribution < 1.29 is 4.39 Å². The van der Waals surface area contributed by atoms with E-state index < -0.39 is 0 Å². The molecule has 0 aliphatic carbocycles. The predicted molar refractivity (Wildman–Crippen MR) is 98.6 cm³/mol. The summed E-state index contributed by atoms with van der Waals surface area (Å²) in [6.45, 7) is 1.99. The minimum Gasteiger partial charge on any atom is -0.368 e. The summed E-state index contributed by atoms with van der Waals surface area (Å²) in [5.41, 5.74) is 8.57. The number of nitrogens with two attached hydrogens (primary N) is 1. The van der Waals surface area contributed by atoms with Crippen LogP contribution >= 0.6 is 0 Å². The van der Waals surface area contributed by atoms with Gasteiger partial charge in [-0.15, -0.1) is 0 Å². The molecule has 5 N–H and O–H groups in total. The summed E-state index contributed by atoms with van der Waals surface area (Å²) in [4.78, 5) is 23.7. The Morgan fingerprint density at radius 2 is 2.04 bits per heavy atom. The molecule has 0 unspecified atom stereocenters. The first-order valence-electron chi connectivity index (χ1n) is 8.51. The molecular formula is C18H19FN6O. The third-order valence-corrected chi connectivity index (χ3v) is 4.53. The zero-order chi connectivity index (χ0) is 18.1. The molecule has 0 amide bonds. The summed E-state index contributed by atoms with van der Waals surface area (Å²) in [5.74, 6) is 0.498. The molecule has 7 nitrogen and oxygen atoms in total. The molecule has 26 heavy (non-hydrogen) atoms. The van der Waals surface area contributed by atoms with E-state index in [-0.39, 0.29) is 17.3 Å². The molecule has 0 fully saturated rings. The van der Waals surface area contributed by atoms with E-state index in [1.807, 2.05) is 0 Å². The average molecular weight is 354 g/mol. The molecule has 1 aromatic carbocycles. The highest BCUT2D eigenvalue weighted by Crippen LogP contribution is 2.21. The zero-order valence-electron chi connectivity index (χ0n) is 14.1. The molecule has 3 aromatic rings. The van der Waals surface area contributed by atoms with E-state index in [1.165, 1.54) is 12.1 Å². The van der Waals surface area contributed by atoms with Crippen molar-refractivity contribution in [2.45, 2.75) is 19.4 Å². The lowest BCUT2D eigenvalue weighted by atomic mass is 10.1. The summed E-state index contributed by atoms with van der Waals surface area (Å²) in [7, 11) is 0. The normalized spacial score (nSPS) is 14.0. The Hall–Kier alpha value is -3.00. The van der Waals surface area contributed by atoms with Gasteiger partial charge in [-0.1, -0.05) is 0 Å². The Balaban J connectivity index is 1.64. The lowest BCUT2D eigenvalue weighted by Crippen LogP contribution is -2.18. The van der Waals surface area contributed by atoms with Gasteiger partial charge in [-0.25, -0.2) is 9.37 Å². The van der Waals surface area contributed by atoms with Crippen LogP contribution in [0.1, 0.15) is 16.8 Å². The molecule has 3 heterocycles. The van der Waals surface area contributed by atoms with Crippen LogP contribution in [0.4, 0.5) is 16.2 Å². The van der Waals surface area contributed by atoms with Gasteiger partial charge in [-0.05, 0) is 42.6 Å². The molecule has 0 radical (unpaired) electrons. The van der Waals surface area contributed by atoms with Crippen molar-refractivity contribution >= 4 is 22.7 Å². The number of nitrogens with zero attached hydrogens (tertiary/aromatic N) is 2. The summed E-state index contributed by atoms with van der Waals surface area (Å²) in [6, 6.07) is 6.08. The van der Waals surface area contributed by atoms with Gasteiger partial charge in [0.05, 0.1) is 11.2 Å². The summed E-state index contributed by atoms with van der Waals surface area (Å²) < 4.78 is 13.3. The quantitative estimate of drug-likeness (QED) is 0.565. The Bertz CT molecular complexity index is 1030. The van der Waals surface area contributed by atoms with E-state index in [2.05, 4.69) is 25.6 Å². The maximum atomic E-state index is 13.3. The molecule has 2 aromatic heterocycles. The van der Waals surface area contributed by atoms with Crippen LogP contribution in [0.3, 0.4) is 0 Å². The van der Waals surface area contributed by atoms with Gasteiger partial charge in [0.2, 0.25) is 5.95 Å². The molecule has 0 spiro atoms. The van der Waals surface area contributed by atoms with Gasteiger partial charge in [-0.3, -0.25) is 4.79 Å². The van der Waals surface area contributed by atoms with Crippen LogP contribution in [0.15, 0.2) is 29.1 Å². The largest absolute Gasteiger partial charge is 0.368 e. The summed E-state index contributed by atoms with van der Waals surface area (Å²) in [5, 5.41) is 7.32. The molecule has 8 heteroatoms. The number of anilines is 2. The second-order valence-electron chi connectivity index (χ2n) is 6.31. The van der Waals surface area contributed by atoms with Crippen LogP contribution < -0.4 is 21.9 Å². The van der Waals surface area contributed by atoms with Crippen LogP contribution in [0.2, 0.25) is 0 Å². The van der Waals surface area contributed by atoms with Gasteiger partial charge in [0.25, 0.3) is 5.56 Å². The fourth-order valence-electron chi connectivity index (χ4n) is 3.24. The van der Waals surface area contributed by atoms with Crippen molar-refractivity contribution in [3.63, 3.8) is 0 Å². The fourth-order valence-corrected chi connectivity index (χ4v) is 3.24. The lowest BCUT2D eigenvalue weighted by Gasteiger charge is -2.13. The molecule has 1 aliphatic heterocycles. The monoisotopic (exact) mass is 354 g/mol. The maximum absolute atomic E-state index is 13.3. The highest BCUT2D eigenvalue weighted by atomic mass is 19.1. The Kier molecular flexibility index (Phi) is 4.26. The molecule has 0 bridgehead atoms. The molecular weight excluding hydrogens is 335 g/mol. The third kappa shape index (κ3) is 3.23. The number of aromatic nitrogens is 3. The minimum atomic E-state index is -0.383. The number of hydrogen-bond acceptors (Lipinski definition) is 6. The van der Waals surface area contributed by atoms with E-state index >= 15 is 0 Å². The number of aromatic amines is 1. The van der Waals surface area contributed by atoms with Crippen LogP contribution in [0.5, 0.6) is 0 Å². The second kappa shape index (κ2) is 6.72. The highest BCUT2D eigenvalue weighted by molar-refractivity contribution is 5.78. The van der Waals surface area contributed by atoms with Gasteiger partial charge in [0.1, 0.15) is 11.6 Å². The molecule has 4 rings (SSSR count). The van der Waals surface area contributed by atoms with E-state index in [1.54, 1.807) is 12.1 Å². The number of pyridine rings is 1. The number of benzene rings is 1. The van der Waals surface area contributed by atoms with Gasteiger partial charge in [-0.2, -0.15) is 4.98 Å².